The summed E-state index contributed by atoms with van der Waals surface area (Å²) in [5.74, 6) is -23.5. The Balaban J connectivity index is 1.21. The fraction of sp³-hybridized carbons (Fsp3) is 0.516. The number of ketones is 1. The number of Topliss-reactive ketones (excluding diaryl/α,β-unsaturated/α-hetero) is 1. The van der Waals surface area contributed by atoms with Gasteiger partial charge in [-0.1, -0.05) is 102 Å². The number of phenols is 1. The zero-order valence-electron chi connectivity index (χ0n) is 77.2. The summed E-state index contributed by atoms with van der Waals surface area (Å²) in [6, 6.07) is -0.0453. The van der Waals surface area contributed by atoms with E-state index in [9.17, 15) is 78.0 Å². The van der Waals surface area contributed by atoms with Gasteiger partial charge < -0.3 is 125 Å². The monoisotopic (exact) mass is 1910 g/mol. The Morgan fingerprint density at radius 3 is 1.73 bits per heavy atom. The third-order valence-electron chi connectivity index (χ3n) is 23.7. The van der Waals surface area contributed by atoms with Crippen molar-refractivity contribution in [2.75, 3.05) is 65.4 Å². The summed E-state index contributed by atoms with van der Waals surface area (Å²) in [7, 11) is 3.87. The summed E-state index contributed by atoms with van der Waals surface area (Å²) in [6.45, 7) is 4.19. The van der Waals surface area contributed by atoms with Crippen molar-refractivity contribution in [2.24, 2.45) is 29.0 Å². The summed E-state index contributed by atoms with van der Waals surface area (Å²) in [4.78, 5) is 292. The van der Waals surface area contributed by atoms with Gasteiger partial charge in [0.1, 0.15) is 85.3 Å². The molecule has 0 saturated carbocycles. The Morgan fingerprint density at radius 2 is 1.13 bits per heavy atom. The molecule has 2 saturated heterocycles. The molecule has 0 bridgehead atoms. The van der Waals surface area contributed by atoms with Crippen LogP contribution in [0.1, 0.15) is 140 Å². The maximum atomic E-state index is 15.8. The average Bonchev–Trinajstić information content (AvgIpc) is 1.65. The first kappa shape index (κ1) is 107. The minimum absolute atomic E-state index is 0.0147. The van der Waals surface area contributed by atoms with Gasteiger partial charge in [-0.25, -0.2) is 4.98 Å². The topological polar surface area (TPSA) is 668 Å². The van der Waals surface area contributed by atoms with Crippen molar-refractivity contribution < 1.29 is 112 Å². The number of carboxylic acid groups (broad SMARTS) is 2. The molecule has 5 heterocycles. The molecule has 2 fully saturated rings. The molecular formula is C91H125N21O23S. The second-order valence-electron chi connectivity index (χ2n) is 34.6. The second kappa shape index (κ2) is 51.6. The van der Waals surface area contributed by atoms with E-state index in [1.54, 1.807) is 74.8 Å². The Kier molecular flexibility index (Phi) is 40.8. The van der Waals surface area contributed by atoms with Gasteiger partial charge in [-0.15, -0.1) is 11.8 Å². The second-order valence-corrected chi connectivity index (χ2v) is 35.6. The van der Waals surface area contributed by atoms with Crippen LogP contribution in [0, 0.1) is 11.8 Å². The quantitative estimate of drug-likeness (QED) is 0.0254. The van der Waals surface area contributed by atoms with Crippen LogP contribution in [-0.2, 0) is 117 Å². The molecule has 22 N–H and O–H groups in total. The number of aromatic hydroxyl groups is 1. The standard InChI is InChI=1S/C91H125N21O23S/c1-9-11-21-70-86(130)104-64(31-49(3)4)84(128)107-69(82(126)98-42-75(94)117)46-136-47-77(119)101-66(32-51-23-25-56(113)26-24-51)87(131)108(6)50(5)80(124)105-68(38-74(93)116)89(133)111(45-79(122)123)44-76(118)100-65(36-55-41-95-48-99-55)85(129)103-63(27-28-78(120)121)90(134)112-43-57(114)37-72(112)73(115)35-52(33-53-39-96-60-19-15-13-17-58(53)60)81(125)102-62(29-30-92)83(127)106-67(34-54-40-97-61-20-16-14-18-59(54)61)88(132)110(8)71(22-12-10-2)91(135)109(70)7/h13-20,23-26,39-41,48-50,52,57,62-72,96-97,113-114H,9-12,21-22,27-38,42-47,92H2,1-8H3,(H2,93,116)(H2,94,117)(H,95,99)(H,98,126)(H,100,118)(H,101,119)(H,102,125)(H,103,129)(H,104,130)(H,105,124)(H,106,127)(H,107,128)(H,120,121)(H,122,123)/t50-,52+,57+,62-,63-,64-,65-,66-,67-,68-,69-,70-,71-,72-/m0/s1. The molecule has 0 aliphatic carbocycles. The van der Waals surface area contributed by atoms with Crippen molar-refractivity contribution in [3.8, 4) is 5.75 Å². The maximum absolute atomic E-state index is 15.8. The molecule has 3 aromatic carbocycles. The van der Waals surface area contributed by atoms with E-state index in [1.165, 1.54) is 67.6 Å². The van der Waals surface area contributed by atoms with Gasteiger partial charge in [0.15, 0.2) is 5.78 Å². The SMILES string of the molecule is CCCC[C@H]1C(=O)N(C)[C@@H](CCCC)C(=O)N[C@@H](CC(C)C)C(=O)N[C@H](C(=O)NCC(N)=O)CSCC(=O)N[C@@H](Cc2ccc(O)cc2)C(=O)N(C)[C@@H](C)C(=O)N[C@@H](CC(N)=O)C(=O)N(CC(=O)O)CC(=O)N[C@@H](Cc2cnc[nH]2)C(=O)N[C@@H](CCC(=O)O)C(=O)N2C[C@H](O)C[C@H]2C(=O)C[C@@H](Cc2c[nH]c3ccccc23)C(=O)N[C@@H](CCN)C(=O)N[C@@H](Cc2c[nH]c3ccccc23)C(=O)N1C. The third-order valence-corrected chi connectivity index (χ3v) is 24.7. The van der Waals surface area contributed by atoms with Gasteiger partial charge >= 0.3 is 11.9 Å². The van der Waals surface area contributed by atoms with Crippen molar-refractivity contribution in [1.29, 1.82) is 0 Å². The number of unbranched alkanes of at least 4 members (excludes halogenated alkanes) is 2. The highest BCUT2D eigenvalue weighted by Crippen LogP contribution is 2.30. The number of carbonyl (C=O) groups excluding carboxylic acids is 17. The zero-order valence-corrected chi connectivity index (χ0v) is 78.1. The van der Waals surface area contributed by atoms with Crippen LogP contribution in [0.15, 0.2) is 97.7 Å². The Labute approximate surface area is 788 Å². The fourth-order valence-corrected chi connectivity index (χ4v) is 17.1. The van der Waals surface area contributed by atoms with E-state index >= 15 is 33.6 Å². The lowest BCUT2D eigenvalue weighted by Gasteiger charge is -2.36. The third kappa shape index (κ3) is 31.1. The van der Waals surface area contributed by atoms with Crippen molar-refractivity contribution in [3.63, 3.8) is 0 Å². The van der Waals surface area contributed by atoms with E-state index in [0.29, 0.717) is 69.1 Å². The number of hydrogen-bond acceptors (Lipinski definition) is 24. The first-order valence-corrected chi connectivity index (χ1v) is 46.2. The number of carbonyl (C=O) groups is 19. The number of rotatable bonds is 28. The number of amides is 16. The number of benzene rings is 3. The van der Waals surface area contributed by atoms with Crippen molar-refractivity contribution >= 4 is 146 Å². The lowest BCUT2D eigenvalue weighted by molar-refractivity contribution is -0.149. The van der Waals surface area contributed by atoms with Gasteiger partial charge in [-0.3, -0.25) is 91.1 Å². The number of para-hydroxylation sites is 2. The van der Waals surface area contributed by atoms with Gasteiger partial charge in [0.25, 0.3) is 0 Å². The highest BCUT2D eigenvalue weighted by Gasteiger charge is 2.46. The van der Waals surface area contributed by atoms with Crippen molar-refractivity contribution in [3.05, 3.63) is 120 Å². The molecule has 45 heteroatoms. The molecule has 738 valence electrons. The minimum Gasteiger partial charge on any atom is -0.508 e. The number of aliphatic hydroxyl groups is 1. The van der Waals surface area contributed by atoms with E-state index < -0.39 is 273 Å². The number of fused-ring (bicyclic) bond motifs is 3. The average molecular weight is 1910 g/mol. The van der Waals surface area contributed by atoms with Crippen molar-refractivity contribution in [2.45, 2.75) is 222 Å². The smallest absolute Gasteiger partial charge is 0.323 e. The predicted molar refractivity (Wildman–Crippen MR) is 495 cm³/mol. The number of aromatic nitrogens is 4. The van der Waals surface area contributed by atoms with Crippen LogP contribution in [0.2, 0.25) is 0 Å². The molecule has 8 rings (SSSR count). The number of H-pyrrole nitrogens is 3. The van der Waals surface area contributed by atoms with E-state index in [2.05, 4.69) is 67.8 Å². The van der Waals surface area contributed by atoms with Crippen LogP contribution >= 0.6 is 11.8 Å². The minimum atomic E-state index is -2.11. The van der Waals surface area contributed by atoms with Crippen LogP contribution in [0.5, 0.6) is 5.75 Å². The first-order chi connectivity index (χ1) is 64.6. The summed E-state index contributed by atoms with van der Waals surface area (Å²) >= 11 is 0.750. The molecular weight excluding hydrogens is 1790 g/mol. The molecule has 44 nitrogen and oxygen atoms in total. The molecule has 0 unspecified atom stereocenters. The van der Waals surface area contributed by atoms with E-state index in [4.69, 9.17) is 17.2 Å². The number of nitrogens with zero attached hydrogens (tertiary/aromatic N) is 6. The lowest BCUT2D eigenvalue weighted by Crippen LogP contribution is -2.60. The van der Waals surface area contributed by atoms with Gasteiger partial charge in [0.2, 0.25) is 94.5 Å². The molecule has 0 radical (unpaired) electrons. The van der Waals surface area contributed by atoms with Crippen LogP contribution in [0.4, 0.5) is 0 Å². The number of aliphatic carboxylic acids is 2. The summed E-state index contributed by atoms with van der Waals surface area (Å²) < 4.78 is 0. The largest absolute Gasteiger partial charge is 0.508 e. The van der Waals surface area contributed by atoms with E-state index in [1.807, 2.05) is 13.8 Å². The molecule has 3 aromatic heterocycles. The lowest BCUT2D eigenvalue weighted by atomic mass is 9.90. The van der Waals surface area contributed by atoms with Crippen LogP contribution in [0.25, 0.3) is 21.8 Å². The molecule has 6 aromatic rings. The number of thioether (sulfide) groups is 1. The normalized spacial score (nSPS) is 23.8. The number of aromatic amines is 3. The number of hydrogen-bond donors (Lipinski definition) is 19. The van der Waals surface area contributed by atoms with Gasteiger partial charge in [-0.2, -0.15) is 0 Å². The highest BCUT2D eigenvalue weighted by molar-refractivity contribution is 8.00. The number of nitrogens with one attached hydrogen (secondary N) is 12. The Hall–Kier alpha value is -13.9. The Morgan fingerprint density at radius 1 is 0.566 bits per heavy atom. The maximum Gasteiger partial charge on any atom is 0.323 e. The summed E-state index contributed by atoms with van der Waals surface area (Å²) in [5.41, 5.74) is 20.1. The van der Waals surface area contributed by atoms with E-state index in [-0.39, 0.29) is 68.9 Å². The number of carboxylic acids is 2. The van der Waals surface area contributed by atoms with Crippen LogP contribution in [0.3, 0.4) is 0 Å². The number of aliphatic hydroxyl groups excluding tert-OH is 1. The number of phenolic OH excluding ortho intramolecular Hbond substituents is 1. The van der Waals surface area contributed by atoms with Crippen LogP contribution < -0.4 is 65.1 Å². The van der Waals surface area contributed by atoms with Crippen molar-refractivity contribution in [1.82, 2.24) is 92.3 Å². The Bertz CT molecular complexity index is 5260. The summed E-state index contributed by atoms with van der Waals surface area (Å²) in [5, 5.41) is 66.4. The molecule has 16 amide bonds. The van der Waals surface area contributed by atoms with Gasteiger partial charge in [-0.05, 0) is 98.9 Å². The number of nitrogens with two attached hydrogens (primary N) is 3. The molecule has 2 aliphatic heterocycles. The fourth-order valence-electron chi connectivity index (χ4n) is 16.3. The number of likely N-dealkylation sites (N-methyl/N-ethyl adjacent to an activating group) is 3. The first-order valence-electron chi connectivity index (χ1n) is 45.0. The summed E-state index contributed by atoms with van der Waals surface area (Å²) in [6.07, 6.45) is 0.523. The van der Waals surface area contributed by atoms with E-state index in [0.717, 1.165) is 28.6 Å². The number of primary amides is 2. The number of imidazole rings is 1. The molecule has 136 heavy (non-hydrogen) atoms. The zero-order chi connectivity index (χ0) is 99.9. The van der Waals surface area contributed by atoms with Gasteiger partial charge in [0, 0.05) is 124 Å². The highest BCUT2D eigenvalue weighted by atomic mass is 32.2. The van der Waals surface area contributed by atoms with Crippen LogP contribution in [-0.4, -0.2) is 321 Å². The predicted octanol–water partition coefficient (Wildman–Crippen LogP) is -1.96. The molecule has 2 aliphatic rings. The molecule has 0 spiro atoms. The van der Waals surface area contributed by atoms with Gasteiger partial charge in [0.05, 0.1) is 37.2 Å². The molecule has 14 atom stereocenters.